The molecule has 0 amide bonds. The Hall–Kier alpha value is -2.93. The fourth-order valence-corrected chi connectivity index (χ4v) is 7.43. The Morgan fingerprint density at radius 1 is 1.11 bits per heavy atom. The monoisotopic (exact) mass is 555 g/mol. The maximum absolute atomic E-state index is 13.4. The number of anilines is 1. The third kappa shape index (κ3) is 4.81. The average molecular weight is 556 g/mol. The molecule has 3 aromatic heterocycles. The van der Waals surface area contributed by atoms with E-state index < -0.39 is 15.9 Å². The quantitative estimate of drug-likeness (QED) is 0.387. The molecule has 6 rings (SSSR count). The van der Waals surface area contributed by atoms with Gasteiger partial charge in [0, 0.05) is 43.2 Å². The van der Waals surface area contributed by atoms with Gasteiger partial charge in [0.15, 0.2) is 15.5 Å². The van der Waals surface area contributed by atoms with Crippen molar-refractivity contribution in [2.24, 2.45) is 5.73 Å². The number of fused-ring (bicyclic) bond motifs is 1. The van der Waals surface area contributed by atoms with Crippen molar-refractivity contribution in [1.29, 1.82) is 0 Å². The van der Waals surface area contributed by atoms with Crippen molar-refractivity contribution in [2.75, 3.05) is 42.6 Å². The molecule has 38 heavy (non-hydrogen) atoms. The summed E-state index contributed by atoms with van der Waals surface area (Å²) < 4.78 is 38.9. The summed E-state index contributed by atoms with van der Waals surface area (Å²) in [4.78, 5) is 14.1. The molecular weight excluding hydrogens is 525 g/mol. The summed E-state index contributed by atoms with van der Waals surface area (Å²) in [6, 6.07) is 10.1. The molecule has 2 atom stereocenters. The first-order valence-electron chi connectivity index (χ1n) is 12.9. The summed E-state index contributed by atoms with van der Waals surface area (Å²) in [5, 5.41) is 7.65. The molecule has 9 nitrogen and oxygen atoms in total. The Morgan fingerprint density at radius 2 is 1.87 bits per heavy atom. The minimum absolute atomic E-state index is 0.240. The molecule has 2 N–H and O–H groups in total. The fourth-order valence-electron chi connectivity index (χ4n) is 5.37. The molecule has 12 heteroatoms. The Balaban J connectivity index is 1.26. The van der Waals surface area contributed by atoms with E-state index in [1.54, 1.807) is 12.1 Å². The molecule has 2 saturated heterocycles. The number of rotatable bonds is 6. The van der Waals surface area contributed by atoms with E-state index in [1.807, 2.05) is 22.0 Å². The Bertz CT molecular complexity index is 1550. The molecule has 0 radical (unpaired) electrons. The first-order chi connectivity index (χ1) is 18.3. The van der Waals surface area contributed by atoms with Crippen molar-refractivity contribution in [3.05, 3.63) is 64.0 Å². The summed E-state index contributed by atoms with van der Waals surface area (Å²) in [5.74, 6) is 1.05. The minimum Gasteiger partial charge on any atom is -0.354 e. The summed E-state index contributed by atoms with van der Waals surface area (Å²) in [7, 11) is -2.90. The first kappa shape index (κ1) is 25.4. The lowest BCUT2D eigenvalue weighted by atomic mass is 10.1. The van der Waals surface area contributed by atoms with E-state index in [2.05, 4.69) is 16.7 Å². The zero-order chi connectivity index (χ0) is 26.4. The molecule has 2 unspecified atom stereocenters. The van der Waals surface area contributed by atoms with Gasteiger partial charge in [-0.15, -0.1) is 16.4 Å². The van der Waals surface area contributed by atoms with Crippen LogP contribution in [0, 0.1) is 5.82 Å². The van der Waals surface area contributed by atoms with Gasteiger partial charge in [-0.05, 0) is 49.2 Å². The van der Waals surface area contributed by atoms with Gasteiger partial charge in [-0.2, -0.15) is 0 Å². The van der Waals surface area contributed by atoms with Crippen LogP contribution in [0.4, 0.5) is 10.2 Å². The van der Waals surface area contributed by atoms with E-state index in [4.69, 9.17) is 20.8 Å². The van der Waals surface area contributed by atoms with Gasteiger partial charge in [0.05, 0.1) is 28.6 Å². The fraction of sp³-hybridized carbons (Fsp3) is 0.423. The Morgan fingerprint density at radius 3 is 2.61 bits per heavy atom. The van der Waals surface area contributed by atoms with E-state index >= 15 is 0 Å². The Kier molecular flexibility index (Phi) is 6.67. The molecule has 2 aliphatic rings. The van der Waals surface area contributed by atoms with Crippen LogP contribution in [0.25, 0.3) is 16.9 Å². The maximum atomic E-state index is 13.4. The van der Waals surface area contributed by atoms with Gasteiger partial charge in [-0.3, -0.25) is 4.90 Å². The predicted molar refractivity (Wildman–Crippen MR) is 147 cm³/mol. The second-order valence-electron chi connectivity index (χ2n) is 9.89. The van der Waals surface area contributed by atoms with Crippen molar-refractivity contribution in [1.82, 2.24) is 24.5 Å². The molecule has 5 heterocycles. The van der Waals surface area contributed by atoms with Crippen LogP contribution in [0.3, 0.4) is 0 Å². The van der Waals surface area contributed by atoms with Crippen LogP contribution in [-0.2, 0) is 16.3 Å². The van der Waals surface area contributed by atoms with E-state index in [0.29, 0.717) is 25.6 Å². The molecule has 4 aromatic rings. The van der Waals surface area contributed by atoms with Crippen LogP contribution < -0.4 is 10.6 Å². The molecule has 2 aliphatic heterocycles. The molecule has 0 bridgehead atoms. The summed E-state index contributed by atoms with van der Waals surface area (Å²) in [6.07, 6.45) is 1.68. The van der Waals surface area contributed by atoms with Crippen molar-refractivity contribution in [3.8, 4) is 11.3 Å². The number of thiazole rings is 1. The van der Waals surface area contributed by atoms with E-state index in [-0.39, 0.29) is 17.3 Å². The third-order valence-electron chi connectivity index (χ3n) is 7.51. The van der Waals surface area contributed by atoms with Crippen molar-refractivity contribution < 1.29 is 12.8 Å². The van der Waals surface area contributed by atoms with E-state index in [0.717, 1.165) is 58.6 Å². The smallest absolute Gasteiger partial charge is 0.154 e. The summed E-state index contributed by atoms with van der Waals surface area (Å²) >= 11 is 1.47. The van der Waals surface area contributed by atoms with Crippen LogP contribution in [0.1, 0.15) is 35.8 Å². The van der Waals surface area contributed by atoms with Gasteiger partial charge in [0.1, 0.15) is 22.7 Å². The summed E-state index contributed by atoms with van der Waals surface area (Å²) in [6.45, 7) is 4.91. The van der Waals surface area contributed by atoms with Gasteiger partial charge in [-0.1, -0.05) is 6.92 Å². The molecule has 1 aromatic carbocycles. The lowest BCUT2D eigenvalue weighted by Gasteiger charge is -2.32. The van der Waals surface area contributed by atoms with E-state index in [9.17, 15) is 12.8 Å². The van der Waals surface area contributed by atoms with Crippen LogP contribution in [0.2, 0.25) is 0 Å². The second kappa shape index (κ2) is 9.99. The van der Waals surface area contributed by atoms with Gasteiger partial charge in [0.25, 0.3) is 0 Å². The number of sulfone groups is 1. The molecular formula is C26H30FN7O2S2. The number of halogens is 1. The molecule has 200 valence electrons. The lowest BCUT2D eigenvalue weighted by molar-refractivity contribution is 0.227. The van der Waals surface area contributed by atoms with Crippen molar-refractivity contribution in [2.45, 2.75) is 31.8 Å². The van der Waals surface area contributed by atoms with Crippen LogP contribution in [-0.4, -0.2) is 76.6 Å². The maximum Gasteiger partial charge on any atom is 0.154 e. The van der Waals surface area contributed by atoms with Crippen molar-refractivity contribution in [3.63, 3.8) is 0 Å². The van der Waals surface area contributed by atoms with Crippen molar-refractivity contribution >= 4 is 32.6 Å². The lowest BCUT2D eigenvalue weighted by Crippen LogP contribution is -2.47. The number of hydrogen-bond donors (Lipinski definition) is 1. The van der Waals surface area contributed by atoms with E-state index in [1.165, 1.54) is 23.5 Å². The SMILES string of the molecule is CCc1nc2ccc(N3CCC(N4CCS(=O)(=O)CC4)C3)nn2c1C(N)c1nc(-c2ccc(F)cc2)cs1. The summed E-state index contributed by atoms with van der Waals surface area (Å²) in [5.41, 5.74) is 10.8. The highest BCUT2D eigenvalue weighted by Crippen LogP contribution is 2.31. The standard InChI is InChI=1S/C26H30FN7O2S2/c1-2-20-25(24(28)26-30-21(16-37-26)17-3-5-18(27)6-4-17)34-22(29-20)7-8-23(31-34)33-10-9-19(15-33)32-11-13-38(35,36)14-12-32/h3-8,16,19,24H,2,9-15,28H2,1H3. The Labute approximate surface area is 225 Å². The molecule has 2 fully saturated rings. The first-order valence-corrected chi connectivity index (χ1v) is 15.6. The highest BCUT2D eigenvalue weighted by Gasteiger charge is 2.33. The number of nitrogens with two attached hydrogens (primary N) is 1. The van der Waals surface area contributed by atoms with Crippen LogP contribution >= 0.6 is 11.3 Å². The largest absolute Gasteiger partial charge is 0.354 e. The number of imidazole rings is 1. The number of hydrogen-bond acceptors (Lipinski definition) is 9. The highest BCUT2D eigenvalue weighted by molar-refractivity contribution is 7.91. The van der Waals surface area contributed by atoms with Gasteiger partial charge >= 0.3 is 0 Å². The number of aromatic nitrogens is 4. The molecule has 0 spiro atoms. The zero-order valence-electron chi connectivity index (χ0n) is 21.1. The van der Waals surface area contributed by atoms with Gasteiger partial charge in [0.2, 0.25) is 0 Å². The molecule has 0 saturated carbocycles. The second-order valence-corrected chi connectivity index (χ2v) is 13.1. The highest BCUT2D eigenvalue weighted by atomic mass is 32.2. The minimum atomic E-state index is -2.90. The number of nitrogens with zero attached hydrogens (tertiary/aromatic N) is 6. The third-order valence-corrected chi connectivity index (χ3v) is 10.1. The topological polar surface area (TPSA) is 110 Å². The van der Waals surface area contributed by atoms with Crippen LogP contribution in [0.5, 0.6) is 0 Å². The zero-order valence-corrected chi connectivity index (χ0v) is 22.8. The number of aryl methyl sites for hydroxylation is 1. The predicted octanol–water partition coefficient (Wildman–Crippen LogP) is 2.91. The molecule has 0 aliphatic carbocycles. The van der Waals surface area contributed by atoms with Gasteiger partial charge < -0.3 is 10.6 Å². The number of benzene rings is 1. The van der Waals surface area contributed by atoms with Gasteiger partial charge in [-0.25, -0.2) is 27.3 Å². The average Bonchev–Trinajstić information content (AvgIpc) is 3.67. The van der Waals surface area contributed by atoms with Crippen LogP contribution in [0.15, 0.2) is 41.8 Å². The normalized spacial score (nSPS) is 20.8.